The van der Waals surface area contributed by atoms with Crippen molar-refractivity contribution in [2.75, 3.05) is 13.1 Å². The number of likely N-dealkylation sites (tertiary alicyclic amines) is 1. The number of Topliss-reactive ketones (excluding diaryl/α,β-unsaturated/α-hetero) is 1. The van der Waals surface area contributed by atoms with Crippen LogP contribution in [0.2, 0.25) is 0 Å². The van der Waals surface area contributed by atoms with E-state index in [0.717, 1.165) is 5.56 Å². The summed E-state index contributed by atoms with van der Waals surface area (Å²) in [4.78, 5) is 26.6. The number of carbonyl (C=O) groups is 2. The predicted molar refractivity (Wildman–Crippen MR) is 84.8 cm³/mol. The number of carbonyl (C=O) groups excluding carboxylic acids is 2. The van der Waals surface area contributed by atoms with Gasteiger partial charge in [-0.1, -0.05) is 30.3 Å². The molecule has 5 nitrogen and oxygen atoms in total. The highest BCUT2D eigenvalue weighted by Crippen LogP contribution is 2.22. The van der Waals surface area contributed by atoms with Gasteiger partial charge < -0.3 is 10.1 Å². The third-order valence-electron chi connectivity index (χ3n) is 4.26. The summed E-state index contributed by atoms with van der Waals surface area (Å²) in [7, 11) is 0. The van der Waals surface area contributed by atoms with E-state index in [1.807, 2.05) is 30.3 Å². The smallest absolute Gasteiger partial charge is 0.254 e. The first-order chi connectivity index (χ1) is 11.1. The lowest BCUT2D eigenvalue weighted by Crippen LogP contribution is -2.40. The number of benzene rings is 1. The van der Waals surface area contributed by atoms with Crippen molar-refractivity contribution in [3.63, 3.8) is 0 Å². The highest BCUT2D eigenvalue weighted by atomic mass is 16.5. The number of ketones is 1. The monoisotopic (exact) mass is 310 g/mol. The molecule has 1 amide bonds. The minimum absolute atomic E-state index is 0.0268. The number of hydrogen-bond acceptors (Lipinski definition) is 3. The second kappa shape index (κ2) is 6.60. The number of rotatable bonds is 3. The largest absolute Gasteiger partial charge is 0.619 e. The van der Waals surface area contributed by atoms with Gasteiger partial charge in [0.1, 0.15) is 0 Å². The van der Waals surface area contributed by atoms with Gasteiger partial charge in [0.25, 0.3) is 5.91 Å². The maximum atomic E-state index is 12.4. The Morgan fingerprint density at radius 1 is 0.957 bits per heavy atom. The van der Waals surface area contributed by atoms with Crippen LogP contribution in [0.25, 0.3) is 0 Å². The zero-order valence-electron chi connectivity index (χ0n) is 12.7. The molecule has 0 aliphatic carbocycles. The summed E-state index contributed by atoms with van der Waals surface area (Å²) in [6.07, 6.45) is 3.99. The van der Waals surface area contributed by atoms with Crippen molar-refractivity contribution in [2.45, 2.75) is 12.8 Å². The zero-order chi connectivity index (χ0) is 16.2. The van der Waals surface area contributed by atoms with E-state index in [2.05, 4.69) is 0 Å². The lowest BCUT2D eigenvalue weighted by atomic mass is 9.88. The van der Waals surface area contributed by atoms with Gasteiger partial charge in [-0.15, -0.1) is 0 Å². The lowest BCUT2D eigenvalue weighted by molar-refractivity contribution is -0.605. The van der Waals surface area contributed by atoms with Crippen molar-refractivity contribution >= 4 is 11.7 Å². The van der Waals surface area contributed by atoms with E-state index in [9.17, 15) is 14.8 Å². The van der Waals surface area contributed by atoms with Crippen molar-refractivity contribution in [1.82, 2.24) is 4.90 Å². The molecule has 1 aromatic carbocycles. The van der Waals surface area contributed by atoms with Crippen molar-refractivity contribution < 1.29 is 14.3 Å². The molecule has 0 atom stereocenters. The Hall–Kier alpha value is -2.69. The van der Waals surface area contributed by atoms with Gasteiger partial charge in [-0.05, 0) is 12.8 Å². The van der Waals surface area contributed by atoms with Gasteiger partial charge in [0.2, 0.25) is 0 Å². The maximum Gasteiger partial charge on any atom is 0.254 e. The fraction of sp³-hybridized carbons (Fsp3) is 0.278. The van der Waals surface area contributed by atoms with Crippen molar-refractivity contribution in [3.8, 4) is 0 Å². The van der Waals surface area contributed by atoms with Crippen molar-refractivity contribution in [1.29, 1.82) is 0 Å². The van der Waals surface area contributed by atoms with Gasteiger partial charge in [-0.25, -0.2) is 0 Å². The van der Waals surface area contributed by atoms with E-state index in [1.165, 1.54) is 24.5 Å². The number of hydrogen-bond donors (Lipinski definition) is 0. The van der Waals surface area contributed by atoms with E-state index in [-0.39, 0.29) is 17.6 Å². The molecule has 2 aromatic rings. The minimum Gasteiger partial charge on any atom is -0.619 e. The Morgan fingerprint density at radius 2 is 1.57 bits per heavy atom. The number of piperidine rings is 1. The van der Waals surface area contributed by atoms with Crippen LogP contribution in [0, 0.1) is 11.1 Å². The Kier molecular flexibility index (Phi) is 4.37. The quantitative estimate of drug-likeness (QED) is 0.495. The molecule has 1 aliphatic heterocycles. The molecule has 118 valence electrons. The molecule has 1 saturated heterocycles. The Bertz CT molecular complexity index is 690. The molecule has 0 bridgehead atoms. The van der Waals surface area contributed by atoms with Crippen molar-refractivity contribution in [3.05, 3.63) is 71.2 Å². The topological polar surface area (TPSA) is 64.3 Å². The molecular weight excluding hydrogens is 292 g/mol. The highest BCUT2D eigenvalue weighted by molar-refractivity contribution is 5.98. The average Bonchev–Trinajstić information content (AvgIpc) is 2.62. The summed E-state index contributed by atoms with van der Waals surface area (Å²) in [5.41, 5.74) is 1.24. The first kappa shape index (κ1) is 15.2. The molecule has 0 N–H and O–H groups in total. The Labute approximate surface area is 134 Å². The Morgan fingerprint density at radius 3 is 2.17 bits per heavy atom. The number of aromatic nitrogens is 1. The summed E-state index contributed by atoms with van der Waals surface area (Å²) >= 11 is 0. The molecule has 0 saturated carbocycles. The maximum absolute atomic E-state index is 12.4. The summed E-state index contributed by atoms with van der Waals surface area (Å²) in [5.74, 6) is 0.0436. The zero-order valence-corrected chi connectivity index (χ0v) is 12.7. The fourth-order valence-corrected chi connectivity index (χ4v) is 2.92. The van der Waals surface area contributed by atoms with Gasteiger partial charge in [0, 0.05) is 36.7 Å². The van der Waals surface area contributed by atoms with Crippen LogP contribution in [0.3, 0.4) is 0 Å². The van der Waals surface area contributed by atoms with Gasteiger partial charge in [0.05, 0.1) is 5.56 Å². The lowest BCUT2D eigenvalue weighted by Gasteiger charge is -2.31. The molecule has 0 spiro atoms. The minimum atomic E-state index is -0.0868. The van der Waals surface area contributed by atoms with Crippen LogP contribution in [0.15, 0.2) is 54.9 Å². The van der Waals surface area contributed by atoms with E-state index >= 15 is 0 Å². The van der Waals surface area contributed by atoms with Gasteiger partial charge >= 0.3 is 0 Å². The van der Waals surface area contributed by atoms with Crippen LogP contribution in [0.5, 0.6) is 0 Å². The van der Waals surface area contributed by atoms with Gasteiger partial charge in [0.15, 0.2) is 18.2 Å². The highest BCUT2D eigenvalue weighted by Gasteiger charge is 2.28. The van der Waals surface area contributed by atoms with Crippen LogP contribution in [-0.2, 0) is 0 Å². The van der Waals surface area contributed by atoms with Gasteiger partial charge in [-0.2, -0.15) is 4.73 Å². The molecule has 1 fully saturated rings. The van der Waals surface area contributed by atoms with E-state index < -0.39 is 0 Å². The predicted octanol–water partition coefficient (Wildman–Crippen LogP) is 2.06. The first-order valence-corrected chi connectivity index (χ1v) is 7.72. The van der Waals surface area contributed by atoms with E-state index in [0.29, 0.717) is 36.2 Å². The molecule has 5 heteroatoms. The second-order valence-electron chi connectivity index (χ2n) is 5.74. The third kappa shape index (κ3) is 3.39. The molecular formula is C18H18N2O3. The van der Waals surface area contributed by atoms with Crippen LogP contribution in [-0.4, -0.2) is 29.7 Å². The third-order valence-corrected chi connectivity index (χ3v) is 4.26. The number of nitrogens with zero attached hydrogens (tertiary/aromatic N) is 2. The van der Waals surface area contributed by atoms with E-state index in [1.54, 1.807) is 4.90 Å². The molecule has 2 heterocycles. The first-order valence-electron chi connectivity index (χ1n) is 7.72. The summed E-state index contributed by atoms with van der Waals surface area (Å²) in [5, 5.41) is 11.0. The molecule has 0 unspecified atom stereocenters. The molecule has 0 radical (unpaired) electrons. The Balaban J connectivity index is 1.61. The normalized spacial score (nSPS) is 15.4. The second-order valence-corrected chi connectivity index (χ2v) is 5.74. The average molecular weight is 310 g/mol. The van der Waals surface area contributed by atoms with E-state index in [4.69, 9.17) is 0 Å². The van der Waals surface area contributed by atoms with Crippen LogP contribution < -0.4 is 4.73 Å². The summed E-state index contributed by atoms with van der Waals surface area (Å²) < 4.78 is 0.654. The number of amides is 1. The molecule has 3 rings (SSSR count). The molecule has 1 aliphatic rings. The number of pyridine rings is 1. The fourth-order valence-electron chi connectivity index (χ4n) is 2.92. The summed E-state index contributed by atoms with van der Waals surface area (Å²) in [6.45, 7) is 1.13. The molecule has 23 heavy (non-hydrogen) atoms. The van der Waals surface area contributed by atoms with Gasteiger partial charge in [-0.3, -0.25) is 9.59 Å². The van der Waals surface area contributed by atoms with Crippen molar-refractivity contribution in [2.24, 2.45) is 5.92 Å². The van der Waals surface area contributed by atoms with Crippen LogP contribution in [0.1, 0.15) is 33.6 Å². The van der Waals surface area contributed by atoms with Crippen LogP contribution in [0.4, 0.5) is 0 Å². The standard InChI is InChI=1S/C18H18N2O3/c21-17(14-4-2-1-3-5-14)15-6-10-19(11-7-15)18(22)16-8-12-20(23)13-9-16/h1-5,8-9,12-13,15H,6-7,10-11H2. The molecule has 1 aromatic heterocycles. The SMILES string of the molecule is O=C(c1ccccc1)C1CCN(C(=O)c2cc[n+]([O-])cc2)CC1. The summed E-state index contributed by atoms with van der Waals surface area (Å²) in [6, 6.07) is 12.3. The van der Waals surface area contributed by atoms with Crippen LogP contribution >= 0.6 is 0 Å².